The molecule has 0 aliphatic rings. The van der Waals surface area contributed by atoms with Gasteiger partial charge in [0.25, 0.3) is 0 Å². The Morgan fingerprint density at radius 1 is 0.609 bits per heavy atom. The Bertz CT molecular complexity index is 743. The third kappa shape index (κ3) is 6.29. The van der Waals surface area contributed by atoms with Crippen LogP contribution in [0.15, 0.2) is 60.7 Å². The molecular weight excluding hydrogens is 340 g/mol. The van der Waals surface area contributed by atoms with Gasteiger partial charge < -0.3 is 8.37 Å². The number of rotatable bonds is 8. The summed E-state index contributed by atoms with van der Waals surface area (Å²) < 4.78 is 56.9. The lowest BCUT2D eigenvalue weighted by molar-refractivity contribution is 0.480. The van der Waals surface area contributed by atoms with Crippen LogP contribution in [0.3, 0.4) is 0 Å². The summed E-state index contributed by atoms with van der Waals surface area (Å²) in [5.74, 6) is -0.453. The molecule has 2 rings (SSSR count). The largest absolute Gasteiger partial charge is 0.382 e. The number of hydrogen-bond donors (Lipinski definition) is 0. The molecule has 8 heteroatoms. The Kier molecular flexibility index (Phi) is 5.62. The van der Waals surface area contributed by atoms with E-state index in [9.17, 15) is 16.8 Å². The first-order chi connectivity index (χ1) is 10.9. The normalized spacial score (nSPS) is 11.8. The highest BCUT2D eigenvalue weighted by Crippen LogP contribution is 2.14. The summed E-state index contributed by atoms with van der Waals surface area (Å²) in [6.45, 7) is 0. The van der Waals surface area contributed by atoms with Gasteiger partial charge in [-0.3, -0.25) is 0 Å². The van der Waals surface area contributed by atoms with Crippen LogP contribution in [0.4, 0.5) is 0 Å². The van der Waals surface area contributed by atoms with E-state index in [1.54, 1.807) is 36.4 Å². The molecule has 0 aliphatic carbocycles. The summed E-state index contributed by atoms with van der Waals surface area (Å²) in [6, 6.07) is 16.1. The molecule has 0 bridgehead atoms. The van der Waals surface area contributed by atoms with E-state index in [1.807, 2.05) is 0 Å². The molecule has 0 N–H and O–H groups in total. The fraction of sp³-hybridized carbons (Fsp3) is 0.200. The Hall–Kier alpha value is -2.06. The van der Waals surface area contributed by atoms with E-state index in [0.717, 1.165) is 0 Å². The van der Waals surface area contributed by atoms with Gasteiger partial charge >= 0.3 is 20.2 Å². The molecule has 23 heavy (non-hydrogen) atoms. The highest BCUT2D eigenvalue weighted by Gasteiger charge is 2.18. The molecule has 0 atom stereocenters. The minimum atomic E-state index is -3.85. The predicted octanol–water partition coefficient (Wildman–Crippen LogP) is 2.19. The number of para-hydroxylation sites is 2. The molecule has 0 saturated carbocycles. The maximum absolute atomic E-state index is 11.8. The second-order valence-corrected chi connectivity index (χ2v) is 8.05. The minimum Gasteiger partial charge on any atom is -0.382 e. The molecule has 0 saturated heterocycles. The van der Waals surface area contributed by atoms with Crippen LogP contribution in [-0.4, -0.2) is 28.3 Å². The van der Waals surface area contributed by atoms with E-state index < -0.39 is 31.7 Å². The SMILES string of the molecule is O=S(=O)(CCCS(=O)(=O)Oc1ccccc1)Oc1ccccc1. The average molecular weight is 356 g/mol. The first kappa shape index (κ1) is 17.3. The van der Waals surface area contributed by atoms with Crippen molar-refractivity contribution in [2.45, 2.75) is 6.42 Å². The lowest BCUT2D eigenvalue weighted by Gasteiger charge is -2.08. The van der Waals surface area contributed by atoms with Crippen molar-refractivity contribution in [3.8, 4) is 11.5 Å². The standard InChI is InChI=1S/C15H16O6S2/c16-22(17,20-14-8-3-1-4-9-14)12-7-13-23(18,19)21-15-10-5-2-6-11-15/h1-6,8-11H,7,12-13H2. The highest BCUT2D eigenvalue weighted by molar-refractivity contribution is 7.88. The van der Waals surface area contributed by atoms with Crippen molar-refractivity contribution < 1.29 is 25.2 Å². The number of benzene rings is 2. The van der Waals surface area contributed by atoms with Crippen LogP contribution in [0, 0.1) is 0 Å². The molecule has 0 radical (unpaired) electrons. The molecule has 2 aromatic rings. The molecule has 2 aromatic carbocycles. The summed E-state index contributed by atoms with van der Waals surface area (Å²) in [7, 11) is -7.70. The van der Waals surface area contributed by atoms with Gasteiger partial charge in [-0.25, -0.2) is 0 Å². The van der Waals surface area contributed by atoms with Gasteiger partial charge in [-0.1, -0.05) is 36.4 Å². The van der Waals surface area contributed by atoms with E-state index in [2.05, 4.69) is 0 Å². The van der Waals surface area contributed by atoms with Crippen molar-refractivity contribution in [3.05, 3.63) is 60.7 Å². The fourth-order valence-electron chi connectivity index (χ4n) is 1.74. The first-order valence-electron chi connectivity index (χ1n) is 6.81. The molecule has 0 fully saturated rings. The van der Waals surface area contributed by atoms with Crippen molar-refractivity contribution in [3.63, 3.8) is 0 Å². The van der Waals surface area contributed by atoms with Gasteiger partial charge in [0.15, 0.2) is 0 Å². The molecule has 0 unspecified atom stereocenters. The second kappa shape index (κ2) is 7.47. The van der Waals surface area contributed by atoms with Crippen LogP contribution in [0.25, 0.3) is 0 Å². The van der Waals surface area contributed by atoms with Gasteiger partial charge in [0.05, 0.1) is 11.5 Å². The van der Waals surface area contributed by atoms with Gasteiger partial charge in [-0.05, 0) is 30.7 Å². The van der Waals surface area contributed by atoms with Gasteiger partial charge in [-0.2, -0.15) is 16.8 Å². The van der Waals surface area contributed by atoms with Crippen molar-refractivity contribution >= 4 is 20.2 Å². The lowest BCUT2D eigenvalue weighted by atomic mass is 10.3. The van der Waals surface area contributed by atoms with E-state index in [0.29, 0.717) is 0 Å². The Labute approximate surface area is 135 Å². The monoisotopic (exact) mass is 356 g/mol. The molecular formula is C15H16O6S2. The summed E-state index contributed by atoms with van der Waals surface area (Å²) in [5.41, 5.74) is 0. The molecule has 0 aliphatic heterocycles. The van der Waals surface area contributed by atoms with E-state index in [4.69, 9.17) is 8.37 Å². The average Bonchev–Trinajstić information content (AvgIpc) is 2.47. The van der Waals surface area contributed by atoms with Crippen molar-refractivity contribution in [1.29, 1.82) is 0 Å². The molecule has 0 heterocycles. The van der Waals surface area contributed by atoms with Crippen LogP contribution < -0.4 is 8.37 Å². The zero-order valence-electron chi connectivity index (χ0n) is 12.2. The zero-order chi connectivity index (χ0) is 16.8. The molecule has 0 aromatic heterocycles. The summed E-state index contributed by atoms with van der Waals surface area (Å²) in [4.78, 5) is 0. The third-order valence-corrected chi connectivity index (χ3v) is 5.19. The topological polar surface area (TPSA) is 86.7 Å². The van der Waals surface area contributed by atoms with Gasteiger partial charge in [-0.15, -0.1) is 0 Å². The summed E-state index contributed by atoms with van der Waals surface area (Å²) in [6.07, 6.45) is -0.121. The maximum Gasteiger partial charge on any atom is 0.309 e. The molecule has 0 amide bonds. The zero-order valence-corrected chi connectivity index (χ0v) is 13.8. The van der Waals surface area contributed by atoms with Crippen molar-refractivity contribution in [1.82, 2.24) is 0 Å². The number of hydrogen-bond acceptors (Lipinski definition) is 6. The lowest BCUT2D eigenvalue weighted by Crippen LogP contribution is -2.19. The van der Waals surface area contributed by atoms with Gasteiger partial charge in [0.2, 0.25) is 0 Å². The minimum absolute atomic E-state index is 0.121. The molecule has 124 valence electrons. The third-order valence-electron chi connectivity index (χ3n) is 2.72. The quantitative estimate of drug-likeness (QED) is 0.674. The maximum atomic E-state index is 11.8. The smallest absolute Gasteiger partial charge is 0.309 e. The van der Waals surface area contributed by atoms with Gasteiger partial charge in [0.1, 0.15) is 11.5 Å². The van der Waals surface area contributed by atoms with E-state index >= 15 is 0 Å². The van der Waals surface area contributed by atoms with Crippen LogP contribution in [-0.2, 0) is 20.2 Å². The Balaban J connectivity index is 1.86. The molecule has 6 nitrogen and oxygen atoms in total. The highest BCUT2D eigenvalue weighted by atomic mass is 32.2. The van der Waals surface area contributed by atoms with Crippen LogP contribution >= 0.6 is 0 Å². The van der Waals surface area contributed by atoms with Crippen molar-refractivity contribution in [2.24, 2.45) is 0 Å². The van der Waals surface area contributed by atoms with Crippen LogP contribution in [0.2, 0.25) is 0 Å². The van der Waals surface area contributed by atoms with Crippen LogP contribution in [0.1, 0.15) is 6.42 Å². The Morgan fingerprint density at radius 3 is 1.30 bits per heavy atom. The van der Waals surface area contributed by atoms with Crippen molar-refractivity contribution in [2.75, 3.05) is 11.5 Å². The summed E-state index contributed by atoms with van der Waals surface area (Å²) in [5, 5.41) is 0. The van der Waals surface area contributed by atoms with E-state index in [1.165, 1.54) is 24.3 Å². The van der Waals surface area contributed by atoms with E-state index in [-0.39, 0.29) is 17.9 Å². The fourth-order valence-corrected chi connectivity index (χ4v) is 3.89. The van der Waals surface area contributed by atoms with Crippen LogP contribution in [0.5, 0.6) is 11.5 Å². The summed E-state index contributed by atoms with van der Waals surface area (Å²) >= 11 is 0. The Morgan fingerprint density at radius 2 is 0.957 bits per heavy atom. The predicted molar refractivity (Wildman–Crippen MR) is 86.3 cm³/mol. The second-order valence-electron chi connectivity index (χ2n) is 4.67. The van der Waals surface area contributed by atoms with Gasteiger partial charge in [0, 0.05) is 0 Å². The first-order valence-corrected chi connectivity index (χ1v) is 9.96. The molecule has 0 spiro atoms.